The zero-order valence-corrected chi connectivity index (χ0v) is 14.7. The van der Waals surface area contributed by atoms with Crippen molar-refractivity contribution in [1.82, 2.24) is 9.97 Å². The van der Waals surface area contributed by atoms with Crippen LogP contribution in [0, 0.1) is 17.1 Å². The van der Waals surface area contributed by atoms with Gasteiger partial charge in [-0.25, -0.2) is 14.4 Å². The Morgan fingerprint density at radius 1 is 0.962 bits per heavy atom. The predicted octanol–water partition coefficient (Wildman–Crippen LogP) is 5.55. The molecule has 3 rings (SSSR count). The highest BCUT2D eigenvalue weighted by molar-refractivity contribution is 5.65. The van der Waals surface area contributed by atoms with Gasteiger partial charge in [0.25, 0.3) is 0 Å². The predicted molar refractivity (Wildman–Crippen MR) is 101 cm³/mol. The molecule has 2 aromatic carbocycles. The summed E-state index contributed by atoms with van der Waals surface area (Å²) in [5.41, 5.74) is 3.60. The Kier molecular flexibility index (Phi) is 5.70. The molecule has 3 aromatic rings. The number of aromatic nitrogens is 2. The van der Waals surface area contributed by atoms with E-state index in [0.29, 0.717) is 22.5 Å². The minimum absolute atomic E-state index is 0.242. The Hall–Kier alpha value is -3.06. The molecular weight excluding hydrogens is 325 g/mol. The van der Waals surface area contributed by atoms with Crippen LogP contribution in [0.5, 0.6) is 0 Å². The molecule has 0 fully saturated rings. The fourth-order valence-corrected chi connectivity index (χ4v) is 2.84. The molecule has 130 valence electrons. The number of unbranched alkanes of at least 4 members (excludes halogenated alkanes) is 2. The molecule has 0 amide bonds. The minimum Gasteiger partial charge on any atom is -0.236 e. The highest BCUT2D eigenvalue weighted by atomic mass is 19.1. The quantitative estimate of drug-likeness (QED) is 0.550. The second kappa shape index (κ2) is 8.35. The van der Waals surface area contributed by atoms with Crippen LogP contribution in [0.3, 0.4) is 0 Å². The second-order valence-electron chi connectivity index (χ2n) is 6.26. The summed E-state index contributed by atoms with van der Waals surface area (Å²) in [5.74, 6) is 0.309. The van der Waals surface area contributed by atoms with E-state index < -0.39 is 0 Å². The third-order valence-corrected chi connectivity index (χ3v) is 4.34. The molecule has 0 saturated heterocycles. The summed E-state index contributed by atoms with van der Waals surface area (Å²) in [5, 5.41) is 8.85. The van der Waals surface area contributed by atoms with Gasteiger partial charge in [-0.15, -0.1) is 0 Å². The van der Waals surface area contributed by atoms with Gasteiger partial charge in [-0.1, -0.05) is 31.9 Å². The maximum atomic E-state index is 14.5. The molecule has 1 aromatic heterocycles. The summed E-state index contributed by atoms with van der Waals surface area (Å²) < 4.78 is 14.5. The summed E-state index contributed by atoms with van der Waals surface area (Å²) in [6.07, 6.45) is 7.57. The van der Waals surface area contributed by atoms with Crippen molar-refractivity contribution in [2.24, 2.45) is 0 Å². The van der Waals surface area contributed by atoms with E-state index in [0.717, 1.165) is 36.8 Å². The molecule has 0 saturated carbocycles. The number of halogens is 1. The molecule has 0 atom stereocenters. The number of nitriles is 1. The number of rotatable bonds is 6. The summed E-state index contributed by atoms with van der Waals surface area (Å²) >= 11 is 0. The van der Waals surface area contributed by atoms with Gasteiger partial charge in [0.15, 0.2) is 5.82 Å². The van der Waals surface area contributed by atoms with Crippen LogP contribution < -0.4 is 0 Å². The average Bonchev–Trinajstić information content (AvgIpc) is 2.69. The Bertz CT molecular complexity index is 910. The Labute approximate surface area is 153 Å². The van der Waals surface area contributed by atoms with Crippen LogP contribution in [0.1, 0.15) is 37.3 Å². The fraction of sp³-hybridized carbons (Fsp3) is 0.227. The van der Waals surface area contributed by atoms with Crippen molar-refractivity contribution >= 4 is 0 Å². The molecule has 0 aliphatic heterocycles. The summed E-state index contributed by atoms with van der Waals surface area (Å²) in [4.78, 5) is 8.69. The smallest absolute Gasteiger partial charge is 0.159 e. The monoisotopic (exact) mass is 345 g/mol. The SMILES string of the molecule is CCCCCc1ccc(-c2cnc(-c3ccc(C#N)cc3)nc2)c(F)c1. The highest BCUT2D eigenvalue weighted by Crippen LogP contribution is 2.24. The Balaban J connectivity index is 1.78. The van der Waals surface area contributed by atoms with Crippen molar-refractivity contribution < 1.29 is 4.39 Å². The third kappa shape index (κ3) is 4.12. The molecule has 4 heteroatoms. The molecule has 0 unspecified atom stereocenters. The number of hydrogen-bond donors (Lipinski definition) is 0. The number of hydrogen-bond acceptors (Lipinski definition) is 3. The van der Waals surface area contributed by atoms with E-state index in [1.54, 1.807) is 48.8 Å². The van der Waals surface area contributed by atoms with Crippen LogP contribution in [0.15, 0.2) is 54.9 Å². The van der Waals surface area contributed by atoms with Crippen molar-refractivity contribution in [1.29, 1.82) is 5.26 Å². The molecule has 0 aliphatic carbocycles. The van der Waals surface area contributed by atoms with E-state index in [9.17, 15) is 4.39 Å². The van der Waals surface area contributed by atoms with Gasteiger partial charge in [-0.3, -0.25) is 0 Å². The van der Waals surface area contributed by atoms with Gasteiger partial charge in [-0.05, 0) is 48.7 Å². The van der Waals surface area contributed by atoms with Crippen molar-refractivity contribution in [3.63, 3.8) is 0 Å². The molecule has 26 heavy (non-hydrogen) atoms. The van der Waals surface area contributed by atoms with Crippen LogP contribution in [0.4, 0.5) is 4.39 Å². The summed E-state index contributed by atoms with van der Waals surface area (Å²) in [6.45, 7) is 2.16. The van der Waals surface area contributed by atoms with Gasteiger partial charge in [-0.2, -0.15) is 5.26 Å². The van der Waals surface area contributed by atoms with E-state index in [1.165, 1.54) is 0 Å². The van der Waals surface area contributed by atoms with E-state index in [2.05, 4.69) is 23.0 Å². The first kappa shape index (κ1) is 17.8. The maximum Gasteiger partial charge on any atom is 0.159 e. The van der Waals surface area contributed by atoms with Crippen LogP contribution in [0.25, 0.3) is 22.5 Å². The van der Waals surface area contributed by atoms with E-state index in [4.69, 9.17) is 5.26 Å². The molecule has 0 spiro atoms. The maximum absolute atomic E-state index is 14.5. The van der Waals surface area contributed by atoms with Gasteiger partial charge >= 0.3 is 0 Å². The second-order valence-corrected chi connectivity index (χ2v) is 6.26. The first-order chi connectivity index (χ1) is 12.7. The lowest BCUT2D eigenvalue weighted by Gasteiger charge is -2.07. The normalized spacial score (nSPS) is 10.5. The first-order valence-electron chi connectivity index (χ1n) is 8.82. The van der Waals surface area contributed by atoms with Gasteiger partial charge in [0.05, 0.1) is 11.6 Å². The van der Waals surface area contributed by atoms with Crippen LogP contribution in [-0.4, -0.2) is 9.97 Å². The van der Waals surface area contributed by atoms with Gasteiger partial charge in [0, 0.05) is 29.1 Å². The largest absolute Gasteiger partial charge is 0.236 e. The molecule has 0 radical (unpaired) electrons. The van der Waals surface area contributed by atoms with Crippen molar-refractivity contribution in [2.75, 3.05) is 0 Å². The van der Waals surface area contributed by atoms with Crippen molar-refractivity contribution in [3.05, 3.63) is 71.8 Å². The Morgan fingerprint density at radius 3 is 2.31 bits per heavy atom. The minimum atomic E-state index is -0.242. The van der Waals surface area contributed by atoms with E-state index >= 15 is 0 Å². The zero-order valence-electron chi connectivity index (χ0n) is 14.7. The molecular formula is C22H20FN3. The number of aryl methyl sites for hydroxylation is 1. The zero-order chi connectivity index (χ0) is 18.4. The topological polar surface area (TPSA) is 49.6 Å². The van der Waals surface area contributed by atoms with Crippen LogP contribution in [0.2, 0.25) is 0 Å². The van der Waals surface area contributed by atoms with Crippen molar-refractivity contribution in [2.45, 2.75) is 32.6 Å². The Morgan fingerprint density at radius 2 is 1.69 bits per heavy atom. The van der Waals surface area contributed by atoms with E-state index in [-0.39, 0.29) is 5.82 Å². The lowest BCUT2D eigenvalue weighted by atomic mass is 10.0. The molecule has 0 bridgehead atoms. The van der Waals surface area contributed by atoms with Crippen LogP contribution >= 0.6 is 0 Å². The molecule has 0 N–H and O–H groups in total. The summed E-state index contributed by atoms with van der Waals surface area (Å²) in [6, 6.07) is 14.5. The van der Waals surface area contributed by atoms with Gasteiger partial charge < -0.3 is 0 Å². The highest BCUT2D eigenvalue weighted by Gasteiger charge is 2.09. The summed E-state index contributed by atoms with van der Waals surface area (Å²) in [7, 11) is 0. The van der Waals surface area contributed by atoms with Gasteiger partial charge in [0.2, 0.25) is 0 Å². The first-order valence-corrected chi connectivity index (χ1v) is 8.82. The molecule has 0 aliphatic rings. The number of nitrogens with zero attached hydrogens (tertiary/aromatic N) is 3. The van der Waals surface area contributed by atoms with Crippen LogP contribution in [-0.2, 0) is 6.42 Å². The fourth-order valence-electron chi connectivity index (χ4n) is 2.84. The third-order valence-electron chi connectivity index (χ3n) is 4.34. The lowest BCUT2D eigenvalue weighted by Crippen LogP contribution is -1.93. The van der Waals surface area contributed by atoms with E-state index in [1.807, 2.05) is 6.07 Å². The lowest BCUT2D eigenvalue weighted by molar-refractivity contribution is 0.626. The van der Waals surface area contributed by atoms with Crippen molar-refractivity contribution in [3.8, 4) is 28.6 Å². The van der Waals surface area contributed by atoms with Gasteiger partial charge in [0.1, 0.15) is 5.82 Å². The standard InChI is InChI=1S/C22H20FN3/c1-2-3-4-5-16-8-11-20(21(23)12-16)19-14-25-22(26-15-19)18-9-6-17(13-24)7-10-18/h6-12,14-15H,2-5H2,1H3. The molecule has 1 heterocycles. The average molecular weight is 345 g/mol. The number of benzene rings is 2. The molecule has 3 nitrogen and oxygen atoms in total.